The van der Waals surface area contributed by atoms with Crippen molar-refractivity contribution in [3.63, 3.8) is 0 Å². The van der Waals surface area contributed by atoms with E-state index in [1.807, 2.05) is 7.05 Å². The van der Waals surface area contributed by atoms with Gasteiger partial charge in [-0.1, -0.05) is 13.8 Å². The molecule has 0 saturated heterocycles. The third-order valence-electron chi connectivity index (χ3n) is 3.09. The first kappa shape index (κ1) is 12.7. The fraction of sp³-hybridized carbons (Fsp3) is 0.714. The minimum absolute atomic E-state index is 0.724. The van der Waals surface area contributed by atoms with E-state index in [0.717, 1.165) is 36.6 Å². The fourth-order valence-corrected chi connectivity index (χ4v) is 2.23. The van der Waals surface area contributed by atoms with Crippen molar-refractivity contribution in [3.8, 4) is 0 Å². The van der Waals surface area contributed by atoms with Crippen molar-refractivity contribution in [1.29, 1.82) is 0 Å². The fourth-order valence-electron chi connectivity index (χ4n) is 2.23. The van der Waals surface area contributed by atoms with Crippen LogP contribution in [0.4, 0.5) is 0 Å². The molecule has 1 aliphatic carbocycles. The normalized spacial score (nSPS) is 16.1. The Bertz CT molecular complexity index is 342. The number of rotatable bonds is 7. The lowest BCUT2D eigenvalue weighted by atomic mass is 10.2. The average Bonchev–Trinajstić information content (AvgIpc) is 3.01. The Balaban J connectivity index is 1.91. The van der Waals surface area contributed by atoms with Gasteiger partial charge in [0.25, 0.3) is 0 Å². The zero-order valence-corrected chi connectivity index (χ0v) is 11.2. The molecule has 0 atom stereocenters. The molecule has 3 heteroatoms. The molecule has 0 spiro atoms. The van der Waals surface area contributed by atoms with E-state index in [4.69, 9.17) is 4.42 Å². The first-order valence-corrected chi connectivity index (χ1v) is 6.65. The highest BCUT2D eigenvalue weighted by Gasteiger charge is 2.29. The van der Waals surface area contributed by atoms with Gasteiger partial charge in [-0.3, -0.25) is 4.90 Å². The molecule has 17 heavy (non-hydrogen) atoms. The molecule has 0 aliphatic heterocycles. The van der Waals surface area contributed by atoms with E-state index in [1.54, 1.807) is 0 Å². The average molecular weight is 236 g/mol. The van der Waals surface area contributed by atoms with Crippen LogP contribution in [0.1, 0.15) is 38.2 Å². The predicted molar refractivity (Wildman–Crippen MR) is 69.7 cm³/mol. The Morgan fingerprint density at radius 1 is 1.35 bits per heavy atom. The number of nitrogens with one attached hydrogen (secondary N) is 1. The molecule has 0 bridgehead atoms. The van der Waals surface area contributed by atoms with Gasteiger partial charge in [0.05, 0.1) is 13.1 Å². The number of hydrogen-bond acceptors (Lipinski definition) is 3. The molecule has 0 aromatic carbocycles. The van der Waals surface area contributed by atoms with Crippen molar-refractivity contribution < 1.29 is 4.42 Å². The maximum absolute atomic E-state index is 5.81. The van der Waals surface area contributed by atoms with E-state index in [0.29, 0.717) is 0 Å². The summed E-state index contributed by atoms with van der Waals surface area (Å²) in [4.78, 5) is 2.56. The van der Waals surface area contributed by atoms with Gasteiger partial charge >= 0.3 is 0 Å². The molecule has 0 unspecified atom stereocenters. The van der Waals surface area contributed by atoms with Crippen LogP contribution in [0.3, 0.4) is 0 Å². The highest BCUT2D eigenvalue weighted by molar-refractivity contribution is 5.07. The lowest BCUT2D eigenvalue weighted by molar-refractivity contribution is 0.207. The molecule has 96 valence electrons. The molecular weight excluding hydrogens is 212 g/mol. The Labute approximate surface area is 104 Å². The van der Waals surface area contributed by atoms with Crippen molar-refractivity contribution in [2.24, 2.45) is 5.92 Å². The highest BCUT2D eigenvalue weighted by Crippen LogP contribution is 2.29. The van der Waals surface area contributed by atoms with Crippen LogP contribution in [0.2, 0.25) is 0 Å². The number of hydrogen-bond donors (Lipinski definition) is 1. The summed E-state index contributed by atoms with van der Waals surface area (Å²) in [6, 6.07) is 4.99. The van der Waals surface area contributed by atoms with Crippen molar-refractivity contribution in [1.82, 2.24) is 10.2 Å². The minimum atomic E-state index is 0.724. The first-order valence-electron chi connectivity index (χ1n) is 6.65. The highest BCUT2D eigenvalue weighted by atomic mass is 16.3. The van der Waals surface area contributed by atoms with Crippen LogP contribution in [0, 0.1) is 5.92 Å². The van der Waals surface area contributed by atoms with Gasteiger partial charge in [-0.05, 0) is 37.9 Å². The SMILES string of the molecule is CNCc1ccc(CN(CC(C)C)C2CC2)o1. The van der Waals surface area contributed by atoms with Crippen LogP contribution in [0.15, 0.2) is 16.5 Å². The Kier molecular flexibility index (Phi) is 4.24. The summed E-state index contributed by atoms with van der Waals surface area (Å²) < 4.78 is 5.81. The molecule has 1 heterocycles. The minimum Gasteiger partial charge on any atom is -0.463 e. The lowest BCUT2D eigenvalue weighted by Crippen LogP contribution is -2.29. The maximum Gasteiger partial charge on any atom is 0.118 e. The molecule has 1 fully saturated rings. The summed E-state index contributed by atoms with van der Waals surface area (Å²) >= 11 is 0. The smallest absolute Gasteiger partial charge is 0.118 e. The molecule has 1 aromatic heterocycles. The molecule has 1 aliphatic rings. The summed E-state index contributed by atoms with van der Waals surface area (Å²) in [5, 5.41) is 3.11. The molecule has 2 rings (SSSR count). The summed E-state index contributed by atoms with van der Waals surface area (Å²) in [6.07, 6.45) is 2.72. The number of furan rings is 1. The van der Waals surface area contributed by atoms with E-state index in [1.165, 1.54) is 19.4 Å². The van der Waals surface area contributed by atoms with Crippen LogP contribution < -0.4 is 5.32 Å². The Hall–Kier alpha value is -0.800. The summed E-state index contributed by atoms with van der Waals surface area (Å²) in [5.74, 6) is 2.85. The maximum atomic E-state index is 5.81. The van der Waals surface area contributed by atoms with Crippen molar-refractivity contribution in [2.45, 2.75) is 45.8 Å². The van der Waals surface area contributed by atoms with Crippen LogP contribution in [0.25, 0.3) is 0 Å². The van der Waals surface area contributed by atoms with E-state index < -0.39 is 0 Å². The molecule has 1 aromatic rings. The third kappa shape index (κ3) is 3.86. The topological polar surface area (TPSA) is 28.4 Å². The van der Waals surface area contributed by atoms with Gasteiger partial charge in [0, 0.05) is 12.6 Å². The van der Waals surface area contributed by atoms with E-state index in [2.05, 4.69) is 36.2 Å². The standard InChI is InChI=1S/C14H24N2O/c1-11(2)9-16(12-4-5-12)10-14-7-6-13(17-14)8-15-3/h6-7,11-12,15H,4-5,8-10H2,1-3H3. The molecule has 3 nitrogen and oxygen atoms in total. The molecule has 1 saturated carbocycles. The zero-order valence-electron chi connectivity index (χ0n) is 11.2. The van der Waals surface area contributed by atoms with Crippen LogP contribution in [0.5, 0.6) is 0 Å². The summed E-state index contributed by atoms with van der Waals surface area (Å²) in [5.41, 5.74) is 0. The van der Waals surface area contributed by atoms with Crippen molar-refractivity contribution >= 4 is 0 Å². The third-order valence-corrected chi connectivity index (χ3v) is 3.09. The Morgan fingerprint density at radius 2 is 2.06 bits per heavy atom. The van der Waals surface area contributed by atoms with E-state index >= 15 is 0 Å². The van der Waals surface area contributed by atoms with Gasteiger partial charge in [0.1, 0.15) is 11.5 Å². The molecular formula is C14H24N2O. The second-order valence-electron chi connectivity index (χ2n) is 5.45. The first-order chi connectivity index (χ1) is 8.19. The lowest BCUT2D eigenvalue weighted by Gasteiger charge is -2.22. The number of nitrogens with zero attached hydrogens (tertiary/aromatic N) is 1. The quantitative estimate of drug-likeness (QED) is 0.789. The van der Waals surface area contributed by atoms with Gasteiger partial charge in [0.15, 0.2) is 0 Å². The largest absolute Gasteiger partial charge is 0.463 e. The van der Waals surface area contributed by atoms with Crippen molar-refractivity contribution in [3.05, 3.63) is 23.7 Å². The van der Waals surface area contributed by atoms with Crippen LogP contribution in [-0.2, 0) is 13.1 Å². The van der Waals surface area contributed by atoms with Gasteiger partial charge < -0.3 is 9.73 Å². The van der Waals surface area contributed by atoms with E-state index in [9.17, 15) is 0 Å². The van der Waals surface area contributed by atoms with Gasteiger partial charge in [0.2, 0.25) is 0 Å². The molecule has 0 radical (unpaired) electrons. The molecule has 0 amide bonds. The van der Waals surface area contributed by atoms with Gasteiger partial charge in [-0.15, -0.1) is 0 Å². The zero-order chi connectivity index (χ0) is 12.3. The van der Waals surface area contributed by atoms with E-state index in [-0.39, 0.29) is 0 Å². The summed E-state index contributed by atoms with van der Waals surface area (Å²) in [7, 11) is 1.94. The van der Waals surface area contributed by atoms with Crippen LogP contribution in [-0.4, -0.2) is 24.5 Å². The predicted octanol–water partition coefficient (Wildman–Crippen LogP) is 2.62. The van der Waals surface area contributed by atoms with Gasteiger partial charge in [-0.2, -0.15) is 0 Å². The van der Waals surface area contributed by atoms with Crippen LogP contribution >= 0.6 is 0 Å². The van der Waals surface area contributed by atoms with Crippen molar-refractivity contribution in [2.75, 3.05) is 13.6 Å². The Morgan fingerprint density at radius 3 is 2.65 bits per heavy atom. The second-order valence-corrected chi connectivity index (χ2v) is 5.45. The van der Waals surface area contributed by atoms with Gasteiger partial charge in [-0.25, -0.2) is 0 Å². The monoisotopic (exact) mass is 236 g/mol. The molecule has 1 N–H and O–H groups in total. The second kappa shape index (κ2) is 5.69. The summed E-state index contributed by atoms with van der Waals surface area (Å²) in [6.45, 7) is 7.51.